The molecule has 0 unspecified atom stereocenters. The topological polar surface area (TPSA) is 72.9 Å². The Morgan fingerprint density at radius 1 is 1.16 bits per heavy atom. The van der Waals surface area contributed by atoms with E-state index in [0.29, 0.717) is 6.42 Å². The van der Waals surface area contributed by atoms with Gasteiger partial charge in [-0.05, 0) is 59.4 Å². The molecule has 0 aliphatic rings. The normalized spacial score (nSPS) is 10.3. The van der Waals surface area contributed by atoms with Crippen molar-refractivity contribution in [2.75, 3.05) is 11.9 Å². The molecular weight excluding hydrogens is 404 g/mol. The first-order chi connectivity index (χ1) is 11.7. The fourth-order valence-electron chi connectivity index (χ4n) is 2.47. The summed E-state index contributed by atoms with van der Waals surface area (Å²) in [6.07, 6.45) is 9.35. The largest absolute Gasteiger partial charge is 0.330 e. The monoisotopic (exact) mass is 428 g/mol. The number of hydrogen-bond donors (Lipinski definition) is 2. The van der Waals surface area contributed by atoms with E-state index >= 15 is 0 Å². The maximum atomic E-state index is 11.9. The minimum atomic E-state index is 0. The molecule has 3 N–H and O–H groups in total. The molecule has 0 atom stereocenters. The predicted molar refractivity (Wildman–Crippen MR) is 108 cm³/mol. The number of carbonyl (C=O) groups excluding carboxylic acids is 1. The average molecular weight is 430 g/mol. The van der Waals surface area contributed by atoms with Crippen LogP contribution in [0.2, 0.25) is 0 Å². The van der Waals surface area contributed by atoms with Crippen LogP contribution in [0.1, 0.15) is 37.7 Å². The van der Waals surface area contributed by atoms with Crippen LogP contribution in [0.15, 0.2) is 41.1 Å². The Bertz CT molecular complexity index is 630. The second-order valence-electron chi connectivity index (χ2n) is 5.87. The number of nitrogens with zero attached hydrogens (tertiary/aromatic N) is 2. The Morgan fingerprint density at radius 2 is 1.88 bits per heavy atom. The zero-order valence-corrected chi connectivity index (χ0v) is 16.7. The number of nitrogens with two attached hydrogens (primary N) is 1. The molecule has 1 amide bonds. The lowest BCUT2D eigenvalue weighted by atomic mass is 10.1. The maximum absolute atomic E-state index is 11.9. The molecule has 1 heterocycles. The number of anilines is 1. The SMILES string of the molecule is Cl.NCCCCCCC(=O)Nc1ccc(CCn2cc(Br)cn2)cc1. The van der Waals surface area contributed by atoms with E-state index in [1.165, 1.54) is 5.56 Å². The summed E-state index contributed by atoms with van der Waals surface area (Å²) >= 11 is 3.39. The highest BCUT2D eigenvalue weighted by Crippen LogP contribution is 2.13. The van der Waals surface area contributed by atoms with Crippen LogP contribution in [0.3, 0.4) is 0 Å². The van der Waals surface area contributed by atoms with Gasteiger partial charge in [-0.25, -0.2) is 0 Å². The average Bonchev–Trinajstić information content (AvgIpc) is 2.99. The molecule has 2 rings (SSSR count). The summed E-state index contributed by atoms with van der Waals surface area (Å²) in [5.41, 5.74) is 7.53. The van der Waals surface area contributed by atoms with Crippen molar-refractivity contribution in [1.29, 1.82) is 0 Å². The summed E-state index contributed by atoms with van der Waals surface area (Å²) in [6.45, 7) is 1.57. The van der Waals surface area contributed by atoms with E-state index in [4.69, 9.17) is 5.73 Å². The molecule has 5 nitrogen and oxygen atoms in total. The molecule has 1 aromatic heterocycles. The lowest BCUT2D eigenvalue weighted by molar-refractivity contribution is -0.116. The number of halogens is 2. The molecule has 0 aliphatic heterocycles. The van der Waals surface area contributed by atoms with E-state index < -0.39 is 0 Å². The van der Waals surface area contributed by atoms with E-state index in [0.717, 1.165) is 55.4 Å². The van der Waals surface area contributed by atoms with Crippen LogP contribution in [0, 0.1) is 0 Å². The smallest absolute Gasteiger partial charge is 0.224 e. The summed E-state index contributed by atoms with van der Waals surface area (Å²) in [5.74, 6) is 0.0805. The van der Waals surface area contributed by atoms with Crippen molar-refractivity contribution in [2.24, 2.45) is 5.73 Å². The van der Waals surface area contributed by atoms with E-state index in [-0.39, 0.29) is 18.3 Å². The molecule has 0 radical (unpaired) electrons. The van der Waals surface area contributed by atoms with E-state index in [1.54, 1.807) is 6.20 Å². The second-order valence-corrected chi connectivity index (χ2v) is 6.79. The second kappa shape index (κ2) is 12.1. The number of unbranched alkanes of at least 4 members (excludes halogenated alkanes) is 3. The van der Waals surface area contributed by atoms with Crippen LogP contribution in [-0.2, 0) is 17.8 Å². The minimum Gasteiger partial charge on any atom is -0.330 e. The van der Waals surface area contributed by atoms with Crippen LogP contribution in [-0.4, -0.2) is 22.2 Å². The maximum Gasteiger partial charge on any atom is 0.224 e. The van der Waals surface area contributed by atoms with Crippen molar-refractivity contribution in [3.05, 3.63) is 46.7 Å². The first-order valence-electron chi connectivity index (χ1n) is 8.44. The lowest BCUT2D eigenvalue weighted by Gasteiger charge is -2.07. The van der Waals surface area contributed by atoms with Crippen LogP contribution in [0.5, 0.6) is 0 Å². The Kier molecular flexibility index (Phi) is 10.5. The van der Waals surface area contributed by atoms with Gasteiger partial charge in [-0.1, -0.05) is 25.0 Å². The highest BCUT2D eigenvalue weighted by Gasteiger charge is 2.03. The van der Waals surface area contributed by atoms with E-state index in [1.807, 2.05) is 23.0 Å². The zero-order valence-electron chi connectivity index (χ0n) is 14.3. The minimum absolute atomic E-state index is 0. The van der Waals surface area contributed by atoms with Gasteiger partial charge in [-0.2, -0.15) is 5.10 Å². The van der Waals surface area contributed by atoms with Gasteiger partial charge in [0.15, 0.2) is 0 Å². The van der Waals surface area contributed by atoms with Crippen LogP contribution >= 0.6 is 28.3 Å². The van der Waals surface area contributed by atoms with Gasteiger partial charge in [-0.15, -0.1) is 12.4 Å². The number of hydrogen-bond acceptors (Lipinski definition) is 3. The molecule has 0 saturated carbocycles. The fraction of sp³-hybridized carbons (Fsp3) is 0.444. The standard InChI is InChI=1S/C18H25BrN4O.ClH/c19-16-13-21-23(14-16)12-10-15-6-8-17(9-7-15)22-18(24)5-3-1-2-4-11-20;/h6-9,13-14H,1-5,10-12,20H2,(H,22,24);1H. The summed E-state index contributed by atoms with van der Waals surface area (Å²) in [7, 11) is 0. The van der Waals surface area contributed by atoms with Crippen molar-refractivity contribution in [2.45, 2.75) is 45.1 Å². The van der Waals surface area contributed by atoms with Gasteiger partial charge < -0.3 is 11.1 Å². The third kappa shape index (κ3) is 8.52. The highest BCUT2D eigenvalue weighted by atomic mass is 79.9. The Hall–Kier alpha value is -1.37. The van der Waals surface area contributed by atoms with E-state index in [2.05, 4.69) is 38.5 Å². The summed E-state index contributed by atoms with van der Waals surface area (Å²) in [5, 5.41) is 7.19. The van der Waals surface area contributed by atoms with Crippen LogP contribution < -0.4 is 11.1 Å². The first kappa shape index (κ1) is 21.7. The number of carbonyl (C=O) groups is 1. The quantitative estimate of drug-likeness (QED) is 0.557. The molecule has 0 fully saturated rings. The Balaban J connectivity index is 0.00000312. The van der Waals surface area contributed by atoms with Crippen molar-refractivity contribution in [3.63, 3.8) is 0 Å². The van der Waals surface area contributed by atoms with Gasteiger partial charge >= 0.3 is 0 Å². The predicted octanol–water partition coefficient (Wildman–Crippen LogP) is 4.16. The molecular formula is C18H26BrClN4O. The van der Waals surface area contributed by atoms with Crippen LogP contribution in [0.25, 0.3) is 0 Å². The summed E-state index contributed by atoms with van der Waals surface area (Å²) in [6, 6.07) is 8.02. The van der Waals surface area contributed by atoms with Gasteiger partial charge in [-0.3, -0.25) is 9.48 Å². The molecule has 25 heavy (non-hydrogen) atoms. The molecule has 138 valence electrons. The molecule has 0 bridgehead atoms. The third-order valence-corrected chi connectivity index (χ3v) is 4.24. The number of amides is 1. The van der Waals surface area contributed by atoms with Crippen molar-refractivity contribution in [1.82, 2.24) is 9.78 Å². The molecule has 1 aromatic carbocycles. The van der Waals surface area contributed by atoms with Gasteiger partial charge in [0.2, 0.25) is 5.91 Å². The summed E-state index contributed by atoms with van der Waals surface area (Å²) in [4.78, 5) is 11.9. The molecule has 0 saturated heterocycles. The van der Waals surface area contributed by atoms with Gasteiger partial charge in [0.05, 0.1) is 10.7 Å². The highest BCUT2D eigenvalue weighted by molar-refractivity contribution is 9.10. The van der Waals surface area contributed by atoms with Gasteiger partial charge in [0.1, 0.15) is 0 Å². The van der Waals surface area contributed by atoms with Crippen LogP contribution in [0.4, 0.5) is 5.69 Å². The lowest BCUT2D eigenvalue weighted by Crippen LogP contribution is -2.11. The third-order valence-electron chi connectivity index (χ3n) is 3.83. The number of nitrogens with one attached hydrogen (secondary N) is 1. The van der Waals surface area contributed by atoms with E-state index in [9.17, 15) is 4.79 Å². The number of rotatable bonds is 10. The molecule has 0 spiro atoms. The summed E-state index contributed by atoms with van der Waals surface area (Å²) < 4.78 is 2.90. The number of aryl methyl sites for hydroxylation is 2. The Morgan fingerprint density at radius 3 is 2.52 bits per heavy atom. The zero-order chi connectivity index (χ0) is 17.2. The van der Waals surface area contributed by atoms with Crippen molar-refractivity contribution in [3.8, 4) is 0 Å². The number of aromatic nitrogens is 2. The first-order valence-corrected chi connectivity index (χ1v) is 9.23. The van der Waals surface area contributed by atoms with Gasteiger partial charge in [0.25, 0.3) is 0 Å². The fourth-order valence-corrected chi connectivity index (χ4v) is 2.79. The Labute approximate surface area is 163 Å². The molecule has 7 heteroatoms. The molecule has 2 aromatic rings. The van der Waals surface area contributed by atoms with Crippen molar-refractivity contribution >= 4 is 39.9 Å². The van der Waals surface area contributed by atoms with Crippen molar-refractivity contribution < 1.29 is 4.79 Å². The molecule has 0 aliphatic carbocycles. The number of benzene rings is 1. The van der Waals surface area contributed by atoms with Gasteiger partial charge in [0, 0.05) is 24.8 Å².